The number of aromatic nitrogens is 3. The van der Waals surface area contributed by atoms with Crippen LogP contribution in [0.25, 0.3) is 11.4 Å². The van der Waals surface area contributed by atoms with Gasteiger partial charge < -0.3 is 10.2 Å². The molecule has 2 aliphatic heterocycles. The van der Waals surface area contributed by atoms with Crippen LogP contribution in [0.3, 0.4) is 0 Å². The highest BCUT2D eigenvalue weighted by atomic mass is 16.2. The fourth-order valence-corrected chi connectivity index (χ4v) is 4.39. The first-order valence-electron chi connectivity index (χ1n) is 11.0. The Bertz CT molecular complexity index is 797. The minimum Gasteiger partial charge on any atom is -0.353 e. The summed E-state index contributed by atoms with van der Waals surface area (Å²) in [4.78, 5) is 18.0. The van der Waals surface area contributed by atoms with E-state index in [1.54, 1.807) is 0 Å². The van der Waals surface area contributed by atoms with Crippen LogP contribution in [0.1, 0.15) is 38.1 Å². The number of carbonyl (C=O) groups is 1. The molecule has 3 heterocycles. The van der Waals surface area contributed by atoms with Gasteiger partial charge in [0.15, 0.2) is 5.82 Å². The van der Waals surface area contributed by atoms with Crippen molar-refractivity contribution in [2.75, 3.05) is 45.8 Å². The van der Waals surface area contributed by atoms with Gasteiger partial charge in [-0.3, -0.25) is 14.3 Å². The minimum atomic E-state index is -0.227. The summed E-state index contributed by atoms with van der Waals surface area (Å²) in [5.74, 6) is 1.83. The second-order valence-electron chi connectivity index (χ2n) is 8.00. The van der Waals surface area contributed by atoms with E-state index in [2.05, 4.69) is 36.8 Å². The maximum absolute atomic E-state index is 13.1. The zero-order valence-corrected chi connectivity index (χ0v) is 17.4. The Kier molecular flexibility index (Phi) is 6.56. The van der Waals surface area contributed by atoms with Crippen molar-refractivity contribution in [2.45, 2.75) is 38.6 Å². The molecule has 29 heavy (non-hydrogen) atoms. The highest BCUT2D eigenvalue weighted by molar-refractivity contribution is 5.81. The Morgan fingerprint density at radius 2 is 1.83 bits per heavy atom. The van der Waals surface area contributed by atoms with Gasteiger partial charge in [0.05, 0.1) is 0 Å². The lowest BCUT2D eigenvalue weighted by Crippen LogP contribution is -2.48. The number of hydrogen-bond acceptors (Lipinski definition) is 5. The molecule has 1 fully saturated rings. The molecule has 1 atom stereocenters. The molecule has 2 aromatic rings. The molecular weight excluding hydrogens is 364 g/mol. The Morgan fingerprint density at radius 1 is 1.07 bits per heavy atom. The van der Waals surface area contributed by atoms with Crippen LogP contribution in [0.4, 0.5) is 0 Å². The summed E-state index contributed by atoms with van der Waals surface area (Å²) in [6, 6.07) is 9.84. The molecule has 2 aliphatic rings. The molecule has 0 radical (unpaired) electrons. The van der Waals surface area contributed by atoms with Gasteiger partial charge in [-0.1, -0.05) is 43.7 Å². The maximum Gasteiger partial charge on any atom is 0.243 e. The highest BCUT2D eigenvalue weighted by Gasteiger charge is 2.29. The summed E-state index contributed by atoms with van der Waals surface area (Å²) in [5, 5.41) is 12.0. The summed E-state index contributed by atoms with van der Waals surface area (Å²) in [6.45, 7) is 9.36. The van der Waals surface area contributed by atoms with Gasteiger partial charge in [-0.2, -0.15) is 0 Å². The van der Waals surface area contributed by atoms with E-state index in [1.807, 2.05) is 30.3 Å². The first-order chi connectivity index (χ1) is 14.3. The average molecular weight is 397 g/mol. The van der Waals surface area contributed by atoms with Crippen LogP contribution in [0.15, 0.2) is 30.3 Å². The zero-order valence-electron chi connectivity index (χ0n) is 17.4. The van der Waals surface area contributed by atoms with Crippen molar-refractivity contribution in [2.24, 2.45) is 0 Å². The standard InChI is InChI=1S/C22H32N6O/c1-2-26-14-16-27(17-15-26)13-12-23-22(29)19-10-6-7-11-20-24-25-21(28(19)20)18-8-4-3-5-9-18/h3-5,8-9,19H,2,6-7,10-17H2,1H3,(H,23,29). The number of likely N-dealkylation sites (N-methyl/N-ethyl adjacent to an activating group) is 1. The van der Waals surface area contributed by atoms with Crippen molar-refractivity contribution < 1.29 is 4.79 Å². The van der Waals surface area contributed by atoms with Crippen molar-refractivity contribution >= 4 is 5.91 Å². The number of aryl methyl sites for hydroxylation is 1. The molecule has 1 aromatic heterocycles. The largest absolute Gasteiger partial charge is 0.353 e. The predicted molar refractivity (Wildman–Crippen MR) is 114 cm³/mol. The normalized spacial score (nSPS) is 20.8. The second-order valence-corrected chi connectivity index (χ2v) is 8.00. The Hall–Kier alpha value is -2.25. The van der Waals surface area contributed by atoms with Crippen molar-refractivity contribution in [3.8, 4) is 11.4 Å². The second kappa shape index (κ2) is 9.50. The molecule has 156 valence electrons. The number of piperazine rings is 1. The van der Waals surface area contributed by atoms with Crippen LogP contribution in [0.5, 0.6) is 0 Å². The van der Waals surface area contributed by atoms with E-state index in [1.165, 1.54) is 0 Å². The lowest BCUT2D eigenvalue weighted by molar-refractivity contribution is -0.124. The number of fused-ring (bicyclic) bond motifs is 1. The van der Waals surface area contributed by atoms with Crippen molar-refractivity contribution in [1.29, 1.82) is 0 Å². The van der Waals surface area contributed by atoms with Gasteiger partial charge in [-0.15, -0.1) is 10.2 Å². The summed E-state index contributed by atoms with van der Waals surface area (Å²) < 4.78 is 2.08. The maximum atomic E-state index is 13.1. The first-order valence-corrected chi connectivity index (χ1v) is 11.0. The molecule has 1 saturated heterocycles. The first kappa shape index (κ1) is 20.0. The molecule has 1 N–H and O–H groups in total. The zero-order chi connectivity index (χ0) is 20.1. The highest BCUT2D eigenvalue weighted by Crippen LogP contribution is 2.29. The lowest BCUT2D eigenvalue weighted by atomic mass is 10.1. The molecule has 7 nitrogen and oxygen atoms in total. The molecule has 0 saturated carbocycles. The lowest BCUT2D eigenvalue weighted by Gasteiger charge is -2.34. The van der Waals surface area contributed by atoms with Gasteiger partial charge in [-0.05, 0) is 19.4 Å². The van der Waals surface area contributed by atoms with Gasteiger partial charge >= 0.3 is 0 Å². The van der Waals surface area contributed by atoms with Crippen LogP contribution >= 0.6 is 0 Å². The topological polar surface area (TPSA) is 66.3 Å². The fourth-order valence-electron chi connectivity index (χ4n) is 4.39. The van der Waals surface area contributed by atoms with Gasteiger partial charge in [0.1, 0.15) is 11.9 Å². The Labute approximate surface area is 173 Å². The summed E-state index contributed by atoms with van der Waals surface area (Å²) in [5.41, 5.74) is 1.01. The molecule has 1 unspecified atom stereocenters. The van der Waals surface area contributed by atoms with Crippen LogP contribution < -0.4 is 5.32 Å². The van der Waals surface area contributed by atoms with Crippen LogP contribution in [-0.2, 0) is 11.2 Å². The molecule has 4 rings (SSSR count). The summed E-state index contributed by atoms with van der Waals surface area (Å²) in [7, 11) is 0. The van der Waals surface area contributed by atoms with Gasteiger partial charge in [0.2, 0.25) is 5.91 Å². The molecule has 0 bridgehead atoms. The van der Waals surface area contributed by atoms with Crippen LogP contribution in [-0.4, -0.2) is 76.3 Å². The average Bonchev–Trinajstić information content (AvgIpc) is 3.07. The van der Waals surface area contributed by atoms with Gasteiger partial charge in [-0.25, -0.2) is 0 Å². The van der Waals surface area contributed by atoms with Crippen molar-refractivity contribution in [3.05, 3.63) is 36.2 Å². The van der Waals surface area contributed by atoms with E-state index in [9.17, 15) is 4.79 Å². The van der Waals surface area contributed by atoms with Gasteiger partial charge in [0.25, 0.3) is 0 Å². The van der Waals surface area contributed by atoms with E-state index in [0.29, 0.717) is 6.54 Å². The quantitative estimate of drug-likeness (QED) is 0.809. The molecule has 0 aliphatic carbocycles. The number of amides is 1. The van der Waals surface area contributed by atoms with E-state index >= 15 is 0 Å². The van der Waals surface area contributed by atoms with E-state index in [4.69, 9.17) is 0 Å². The summed E-state index contributed by atoms with van der Waals surface area (Å²) >= 11 is 0. The fraction of sp³-hybridized carbons (Fsp3) is 0.591. The molecule has 0 spiro atoms. The van der Waals surface area contributed by atoms with E-state index in [0.717, 1.165) is 82.2 Å². The molecule has 7 heteroatoms. The number of rotatable bonds is 6. The number of nitrogens with zero attached hydrogens (tertiary/aromatic N) is 5. The molecular formula is C22H32N6O. The number of carbonyl (C=O) groups excluding carboxylic acids is 1. The van der Waals surface area contributed by atoms with E-state index < -0.39 is 0 Å². The van der Waals surface area contributed by atoms with Crippen LogP contribution in [0.2, 0.25) is 0 Å². The van der Waals surface area contributed by atoms with Gasteiger partial charge in [0, 0.05) is 51.3 Å². The van der Waals surface area contributed by atoms with E-state index in [-0.39, 0.29) is 11.9 Å². The van der Waals surface area contributed by atoms with Crippen LogP contribution in [0, 0.1) is 0 Å². The minimum absolute atomic E-state index is 0.0947. The van der Waals surface area contributed by atoms with Crippen molar-refractivity contribution in [1.82, 2.24) is 29.9 Å². The summed E-state index contributed by atoms with van der Waals surface area (Å²) in [6.07, 6.45) is 3.81. The Morgan fingerprint density at radius 3 is 2.59 bits per heavy atom. The Balaban J connectivity index is 1.41. The number of benzene rings is 1. The third-order valence-corrected chi connectivity index (χ3v) is 6.18. The monoisotopic (exact) mass is 396 g/mol. The third kappa shape index (κ3) is 4.67. The third-order valence-electron chi connectivity index (χ3n) is 6.18. The van der Waals surface area contributed by atoms with Crippen molar-refractivity contribution in [3.63, 3.8) is 0 Å². The number of hydrogen-bond donors (Lipinski definition) is 1. The SMILES string of the molecule is CCN1CCN(CCNC(=O)C2CCCCc3nnc(-c4ccccc4)n32)CC1. The molecule has 1 amide bonds. The predicted octanol–water partition coefficient (Wildman–Crippen LogP) is 1.97. The smallest absolute Gasteiger partial charge is 0.243 e. The molecule has 1 aromatic carbocycles. The number of nitrogens with one attached hydrogen (secondary N) is 1.